The number of allylic oxidation sites excluding steroid dienone is 1. The van der Waals surface area contributed by atoms with Gasteiger partial charge in [-0.3, -0.25) is 4.79 Å². The summed E-state index contributed by atoms with van der Waals surface area (Å²) in [7, 11) is 1.89. The number of unbranched alkanes of at least 4 members (excludes halogenated alkanes) is 1. The van der Waals surface area contributed by atoms with Crippen LogP contribution >= 0.6 is 0 Å². The standard InChI is InChI=1S/C14H26N2O/c1-3-4-8-11-16(2)14(17)12-9-6-5-7-10-13(12)15/h3,12-13H,1,4-11,15H2,2H3. The van der Waals surface area contributed by atoms with Crippen molar-refractivity contribution in [1.82, 2.24) is 4.90 Å². The Kier molecular flexibility index (Phi) is 6.27. The summed E-state index contributed by atoms with van der Waals surface area (Å²) in [5.41, 5.74) is 6.11. The van der Waals surface area contributed by atoms with Gasteiger partial charge in [-0.05, 0) is 25.7 Å². The van der Waals surface area contributed by atoms with Crippen molar-refractivity contribution in [3.05, 3.63) is 12.7 Å². The van der Waals surface area contributed by atoms with E-state index in [1.807, 2.05) is 18.0 Å². The highest BCUT2D eigenvalue weighted by Crippen LogP contribution is 2.23. The summed E-state index contributed by atoms with van der Waals surface area (Å²) in [4.78, 5) is 14.1. The van der Waals surface area contributed by atoms with Gasteiger partial charge in [0.25, 0.3) is 0 Å². The maximum Gasteiger partial charge on any atom is 0.226 e. The average Bonchev–Trinajstić information content (AvgIpc) is 2.53. The number of hydrogen-bond donors (Lipinski definition) is 1. The fourth-order valence-corrected chi connectivity index (χ4v) is 2.51. The molecule has 98 valence electrons. The molecule has 2 atom stereocenters. The van der Waals surface area contributed by atoms with Crippen LogP contribution in [0.1, 0.15) is 44.9 Å². The first-order valence-electron chi connectivity index (χ1n) is 6.78. The van der Waals surface area contributed by atoms with E-state index in [2.05, 4.69) is 6.58 Å². The van der Waals surface area contributed by atoms with Crippen LogP contribution in [0.3, 0.4) is 0 Å². The van der Waals surface area contributed by atoms with Crippen LogP contribution in [-0.4, -0.2) is 30.4 Å². The van der Waals surface area contributed by atoms with Crippen molar-refractivity contribution in [2.45, 2.75) is 51.0 Å². The molecule has 1 aliphatic carbocycles. The van der Waals surface area contributed by atoms with Gasteiger partial charge in [-0.1, -0.05) is 25.3 Å². The van der Waals surface area contributed by atoms with Gasteiger partial charge in [-0.2, -0.15) is 0 Å². The first-order valence-corrected chi connectivity index (χ1v) is 6.78. The molecular formula is C14H26N2O. The Morgan fingerprint density at radius 2 is 2.12 bits per heavy atom. The first-order chi connectivity index (χ1) is 8.16. The highest BCUT2D eigenvalue weighted by Gasteiger charge is 2.28. The van der Waals surface area contributed by atoms with Crippen LogP contribution in [0, 0.1) is 5.92 Å². The molecule has 0 aromatic heterocycles. The molecule has 2 unspecified atom stereocenters. The molecule has 1 amide bonds. The predicted molar refractivity (Wildman–Crippen MR) is 71.6 cm³/mol. The van der Waals surface area contributed by atoms with Gasteiger partial charge in [-0.15, -0.1) is 6.58 Å². The summed E-state index contributed by atoms with van der Waals surface area (Å²) in [6, 6.07) is 0.0619. The Labute approximate surface area is 105 Å². The molecule has 0 saturated heterocycles. The van der Waals surface area contributed by atoms with Gasteiger partial charge < -0.3 is 10.6 Å². The van der Waals surface area contributed by atoms with Gasteiger partial charge in [0.1, 0.15) is 0 Å². The molecule has 1 aliphatic rings. The van der Waals surface area contributed by atoms with Gasteiger partial charge in [0.05, 0.1) is 5.92 Å². The minimum Gasteiger partial charge on any atom is -0.345 e. The fourth-order valence-electron chi connectivity index (χ4n) is 2.51. The Hall–Kier alpha value is -0.830. The normalized spacial score (nSPS) is 25.1. The molecule has 0 aromatic carbocycles. The van der Waals surface area contributed by atoms with E-state index in [0.717, 1.165) is 38.6 Å². The van der Waals surface area contributed by atoms with Crippen LogP contribution in [0.15, 0.2) is 12.7 Å². The number of nitrogens with two attached hydrogens (primary N) is 1. The van der Waals surface area contributed by atoms with Crippen molar-refractivity contribution in [2.75, 3.05) is 13.6 Å². The fraction of sp³-hybridized carbons (Fsp3) is 0.786. The number of carbonyl (C=O) groups excluding carboxylic acids is 1. The molecular weight excluding hydrogens is 212 g/mol. The molecule has 17 heavy (non-hydrogen) atoms. The Bertz CT molecular complexity index is 253. The molecule has 0 aliphatic heterocycles. The summed E-state index contributed by atoms with van der Waals surface area (Å²) in [5, 5.41) is 0. The second-order valence-corrected chi connectivity index (χ2v) is 5.10. The molecule has 3 heteroatoms. The molecule has 0 radical (unpaired) electrons. The summed E-state index contributed by atoms with van der Waals surface area (Å²) in [6.45, 7) is 4.51. The molecule has 1 saturated carbocycles. The van der Waals surface area contributed by atoms with E-state index < -0.39 is 0 Å². The van der Waals surface area contributed by atoms with Crippen LogP contribution in [0.4, 0.5) is 0 Å². The van der Waals surface area contributed by atoms with E-state index in [1.165, 1.54) is 12.8 Å². The van der Waals surface area contributed by atoms with Crippen LogP contribution in [0.2, 0.25) is 0 Å². The van der Waals surface area contributed by atoms with Gasteiger partial charge in [0.15, 0.2) is 0 Å². The number of amides is 1. The molecule has 2 N–H and O–H groups in total. The van der Waals surface area contributed by atoms with Crippen LogP contribution in [0.5, 0.6) is 0 Å². The topological polar surface area (TPSA) is 46.3 Å². The van der Waals surface area contributed by atoms with Crippen LogP contribution < -0.4 is 5.73 Å². The number of carbonyl (C=O) groups is 1. The van der Waals surface area contributed by atoms with Crippen molar-refractivity contribution in [1.29, 1.82) is 0 Å². The third-order valence-electron chi connectivity index (χ3n) is 3.66. The molecule has 3 nitrogen and oxygen atoms in total. The Balaban J connectivity index is 2.45. The quantitative estimate of drug-likeness (QED) is 0.454. The predicted octanol–water partition coefficient (Wildman–Crippen LogP) is 2.32. The molecule has 0 spiro atoms. The second-order valence-electron chi connectivity index (χ2n) is 5.10. The number of hydrogen-bond acceptors (Lipinski definition) is 2. The van der Waals surface area contributed by atoms with E-state index in [1.54, 1.807) is 0 Å². The smallest absolute Gasteiger partial charge is 0.226 e. The van der Waals surface area contributed by atoms with Gasteiger partial charge in [0, 0.05) is 19.6 Å². The lowest BCUT2D eigenvalue weighted by atomic mass is 9.94. The summed E-state index contributed by atoms with van der Waals surface area (Å²) in [5.74, 6) is 0.287. The summed E-state index contributed by atoms with van der Waals surface area (Å²) in [6.07, 6.45) is 9.35. The SMILES string of the molecule is C=CCCCN(C)C(=O)C1CCCCCC1N. The van der Waals surface area contributed by atoms with Gasteiger partial charge >= 0.3 is 0 Å². The lowest BCUT2D eigenvalue weighted by Crippen LogP contribution is -2.42. The van der Waals surface area contributed by atoms with Gasteiger partial charge in [-0.25, -0.2) is 0 Å². The second kappa shape index (κ2) is 7.49. The Morgan fingerprint density at radius 3 is 2.82 bits per heavy atom. The highest BCUT2D eigenvalue weighted by molar-refractivity contribution is 5.79. The number of nitrogens with zero attached hydrogens (tertiary/aromatic N) is 1. The average molecular weight is 238 g/mol. The third kappa shape index (κ3) is 4.50. The van der Waals surface area contributed by atoms with Gasteiger partial charge in [0.2, 0.25) is 5.91 Å². The summed E-state index contributed by atoms with van der Waals surface area (Å²) < 4.78 is 0. The zero-order valence-electron chi connectivity index (χ0n) is 11.0. The lowest BCUT2D eigenvalue weighted by molar-refractivity contribution is -0.135. The van der Waals surface area contributed by atoms with Crippen molar-refractivity contribution in [3.63, 3.8) is 0 Å². The minimum atomic E-state index is 0.0474. The van der Waals surface area contributed by atoms with Crippen LogP contribution in [-0.2, 0) is 4.79 Å². The highest BCUT2D eigenvalue weighted by atomic mass is 16.2. The van der Waals surface area contributed by atoms with E-state index in [4.69, 9.17) is 5.73 Å². The zero-order valence-corrected chi connectivity index (χ0v) is 11.0. The van der Waals surface area contributed by atoms with E-state index in [-0.39, 0.29) is 17.9 Å². The van der Waals surface area contributed by atoms with E-state index in [0.29, 0.717) is 0 Å². The zero-order chi connectivity index (χ0) is 12.7. The molecule has 1 fully saturated rings. The Morgan fingerprint density at radius 1 is 1.41 bits per heavy atom. The largest absolute Gasteiger partial charge is 0.345 e. The monoisotopic (exact) mass is 238 g/mol. The van der Waals surface area contributed by atoms with Crippen molar-refractivity contribution >= 4 is 5.91 Å². The maximum absolute atomic E-state index is 12.3. The first kappa shape index (κ1) is 14.2. The minimum absolute atomic E-state index is 0.0474. The van der Waals surface area contributed by atoms with Crippen molar-refractivity contribution in [2.24, 2.45) is 11.7 Å². The van der Waals surface area contributed by atoms with Crippen LogP contribution in [0.25, 0.3) is 0 Å². The maximum atomic E-state index is 12.3. The van der Waals surface area contributed by atoms with Crippen molar-refractivity contribution in [3.8, 4) is 0 Å². The molecule has 0 heterocycles. The lowest BCUT2D eigenvalue weighted by Gasteiger charge is -2.26. The molecule has 0 aromatic rings. The van der Waals surface area contributed by atoms with E-state index >= 15 is 0 Å². The molecule has 1 rings (SSSR count). The third-order valence-corrected chi connectivity index (χ3v) is 3.66. The number of rotatable bonds is 5. The molecule has 0 bridgehead atoms. The summed E-state index contributed by atoms with van der Waals surface area (Å²) >= 11 is 0. The van der Waals surface area contributed by atoms with E-state index in [9.17, 15) is 4.79 Å². The van der Waals surface area contributed by atoms with Crippen molar-refractivity contribution < 1.29 is 4.79 Å².